The van der Waals surface area contributed by atoms with E-state index in [1.54, 1.807) is 30.7 Å². The predicted molar refractivity (Wildman–Crippen MR) is 113 cm³/mol. The van der Waals surface area contributed by atoms with E-state index in [0.717, 1.165) is 11.3 Å². The van der Waals surface area contributed by atoms with E-state index in [1.165, 1.54) is 11.8 Å². The van der Waals surface area contributed by atoms with E-state index in [2.05, 4.69) is 10.3 Å². The van der Waals surface area contributed by atoms with Gasteiger partial charge in [-0.05, 0) is 38.1 Å². The highest BCUT2D eigenvalue weighted by Crippen LogP contribution is 2.23. The molecule has 3 aromatic rings. The summed E-state index contributed by atoms with van der Waals surface area (Å²) in [7, 11) is 1.59. The number of methoxy groups -OCH3 is 1. The Labute approximate surface area is 167 Å². The third-order valence-corrected chi connectivity index (χ3v) is 5.41. The first-order chi connectivity index (χ1) is 13.5. The molecule has 6 nitrogen and oxygen atoms in total. The molecular formula is C21H23N3O3S. The molecule has 0 saturated heterocycles. The average molecular weight is 398 g/mol. The fourth-order valence-electron chi connectivity index (χ4n) is 2.71. The Morgan fingerprint density at radius 2 is 1.93 bits per heavy atom. The van der Waals surface area contributed by atoms with Gasteiger partial charge in [0, 0.05) is 12.8 Å². The first-order valence-corrected chi connectivity index (χ1v) is 9.90. The van der Waals surface area contributed by atoms with Gasteiger partial charge < -0.3 is 10.1 Å². The molecule has 0 spiro atoms. The van der Waals surface area contributed by atoms with Crippen molar-refractivity contribution in [2.45, 2.75) is 30.8 Å². The van der Waals surface area contributed by atoms with E-state index in [1.807, 2.05) is 43.3 Å². The number of fused-ring (bicyclic) bond motifs is 1. The molecule has 146 valence electrons. The molecule has 3 rings (SSSR count). The summed E-state index contributed by atoms with van der Waals surface area (Å²) < 4.78 is 6.71. The van der Waals surface area contributed by atoms with Crippen LogP contribution < -0.4 is 10.9 Å². The van der Waals surface area contributed by atoms with Crippen LogP contribution in [-0.2, 0) is 16.1 Å². The lowest BCUT2D eigenvalue weighted by Gasteiger charge is -2.16. The van der Waals surface area contributed by atoms with Crippen molar-refractivity contribution in [3.05, 3.63) is 64.4 Å². The Kier molecular flexibility index (Phi) is 6.49. The fourth-order valence-corrected chi connectivity index (χ4v) is 3.64. The summed E-state index contributed by atoms with van der Waals surface area (Å²) in [5, 5.41) is 3.54. The van der Waals surface area contributed by atoms with Crippen LogP contribution in [0.25, 0.3) is 10.9 Å². The summed E-state index contributed by atoms with van der Waals surface area (Å²) in [5.41, 5.74) is 2.36. The van der Waals surface area contributed by atoms with Crippen LogP contribution in [0.2, 0.25) is 0 Å². The van der Waals surface area contributed by atoms with Gasteiger partial charge in [-0.25, -0.2) is 4.98 Å². The van der Waals surface area contributed by atoms with Crippen molar-refractivity contribution in [1.29, 1.82) is 0 Å². The van der Waals surface area contributed by atoms with Gasteiger partial charge in [-0.1, -0.05) is 41.6 Å². The number of carbonyl (C=O) groups is 1. The highest BCUT2D eigenvalue weighted by molar-refractivity contribution is 8.00. The zero-order valence-corrected chi connectivity index (χ0v) is 17.0. The van der Waals surface area contributed by atoms with Crippen LogP contribution in [0.15, 0.2) is 58.5 Å². The predicted octanol–water partition coefficient (Wildman–Crippen LogP) is 3.47. The lowest BCUT2D eigenvalue weighted by atomic mass is 10.2. The molecule has 0 aliphatic heterocycles. The van der Waals surface area contributed by atoms with E-state index in [4.69, 9.17) is 4.74 Å². The number of nitrogens with zero attached hydrogens (tertiary/aromatic N) is 2. The highest BCUT2D eigenvalue weighted by Gasteiger charge is 2.19. The third-order valence-electron chi connectivity index (χ3n) is 4.32. The standard InChI is InChI=1S/C21H23N3O3S/c1-14-8-10-16(11-9-14)22-19(25)15(2)28-21-23-18-7-5-4-6-17(18)20(26)24(21)12-13-27-3/h4-11,15H,12-13H2,1-3H3,(H,22,25)/t15-/m1/s1. The molecule has 1 N–H and O–H groups in total. The SMILES string of the molecule is COCCn1c(S[C@H](C)C(=O)Nc2ccc(C)cc2)nc2ccccc2c1=O. The van der Waals surface area contributed by atoms with E-state index >= 15 is 0 Å². The monoisotopic (exact) mass is 397 g/mol. The van der Waals surface area contributed by atoms with Crippen LogP contribution in [-0.4, -0.2) is 34.4 Å². The van der Waals surface area contributed by atoms with E-state index in [0.29, 0.717) is 29.2 Å². The molecule has 1 aromatic heterocycles. The number of aryl methyl sites for hydroxylation is 1. The van der Waals surface area contributed by atoms with Gasteiger partial charge in [0.1, 0.15) is 0 Å². The van der Waals surface area contributed by atoms with E-state index in [9.17, 15) is 9.59 Å². The smallest absolute Gasteiger partial charge is 0.262 e. The average Bonchev–Trinajstić information content (AvgIpc) is 2.69. The number of nitrogens with one attached hydrogen (secondary N) is 1. The summed E-state index contributed by atoms with van der Waals surface area (Å²) in [6, 6.07) is 14.9. The van der Waals surface area contributed by atoms with Crippen LogP contribution >= 0.6 is 11.8 Å². The second kappa shape index (κ2) is 9.03. The molecule has 0 aliphatic carbocycles. The zero-order valence-electron chi connectivity index (χ0n) is 16.1. The number of aromatic nitrogens is 2. The van der Waals surface area contributed by atoms with Crippen molar-refractivity contribution in [3.8, 4) is 0 Å². The highest BCUT2D eigenvalue weighted by atomic mass is 32.2. The van der Waals surface area contributed by atoms with E-state index in [-0.39, 0.29) is 11.5 Å². The Balaban J connectivity index is 1.86. The molecule has 2 aromatic carbocycles. The third kappa shape index (κ3) is 4.61. The number of anilines is 1. The van der Waals surface area contributed by atoms with Crippen molar-refractivity contribution in [2.75, 3.05) is 19.0 Å². The molecular weight excluding hydrogens is 374 g/mol. The van der Waals surface area contributed by atoms with Gasteiger partial charge in [0.25, 0.3) is 5.56 Å². The van der Waals surface area contributed by atoms with Gasteiger partial charge in [0.2, 0.25) is 5.91 Å². The summed E-state index contributed by atoms with van der Waals surface area (Å²) in [4.78, 5) is 30.1. The molecule has 0 unspecified atom stereocenters. The first-order valence-electron chi connectivity index (χ1n) is 9.02. The topological polar surface area (TPSA) is 73.2 Å². The van der Waals surface area contributed by atoms with Crippen LogP contribution in [0, 0.1) is 6.92 Å². The van der Waals surface area contributed by atoms with Crippen molar-refractivity contribution in [2.24, 2.45) is 0 Å². The maximum absolute atomic E-state index is 12.9. The Bertz CT molecular complexity index is 1030. The first kappa shape index (κ1) is 20.1. The number of hydrogen-bond acceptors (Lipinski definition) is 5. The van der Waals surface area contributed by atoms with Gasteiger partial charge in [-0.3, -0.25) is 14.2 Å². The molecule has 0 fully saturated rings. The van der Waals surface area contributed by atoms with Gasteiger partial charge in [0.15, 0.2) is 5.16 Å². The second-order valence-corrected chi connectivity index (χ2v) is 7.78. The lowest BCUT2D eigenvalue weighted by Crippen LogP contribution is -2.28. The fraction of sp³-hybridized carbons (Fsp3) is 0.286. The molecule has 1 amide bonds. The molecule has 1 heterocycles. The summed E-state index contributed by atoms with van der Waals surface area (Å²) in [6.45, 7) is 4.56. The van der Waals surface area contributed by atoms with Gasteiger partial charge in [-0.2, -0.15) is 0 Å². The number of thioether (sulfide) groups is 1. The molecule has 28 heavy (non-hydrogen) atoms. The molecule has 1 atom stereocenters. The zero-order chi connectivity index (χ0) is 20.1. The largest absolute Gasteiger partial charge is 0.383 e. The number of rotatable bonds is 7. The summed E-state index contributed by atoms with van der Waals surface area (Å²) in [5.74, 6) is -0.144. The summed E-state index contributed by atoms with van der Waals surface area (Å²) >= 11 is 1.26. The number of benzene rings is 2. The van der Waals surface area contributed by atoms with Crippen LogP contribution in [0.3, 0.4) is 0 Å². The minimum atomic E-state index is -0.428. The van der Waals surface area contributed by atoms with E-state index < -0.39 is 5.25 Å². The Morgan fingerprint density at radius 3 is 2.64 bits per heavy atom. The van der Waals surface area contributed by atoms with Gasteiger partial charge >= 0.3 is 0 Å². The number of carbonyl (C=O) groups excluding carboxylic acids is 1. The molecule has 0 aliphatic rings. The van der Waals surface area contributed by atoms with Crippen molar-refractivity contribution < 1.29 is 9.53 Å². The molecule has 0 saturated carbocycles. The minimum Gasteiger partial charge on any atom is -0.383 e. The van der Waals surface area contributed by atoms with Gasteiger partial charge in [-0.15, -0.1) is 0 Å². The number of ether oxygens (including phenoxy) is 1. The maximum atomic E-state index is 12.9. The van der Waals surface area contributed by atoms with Crippen LogP contribution in [0.4, 0.5) is 5.69 Å². The van der Waals surface area contributed by atoms with Crippen molar-refractivity contribution in [3.63, 3.8) is 0 Å². The minimum absolute atomic E-state index is 0.128. The Morgan fingerprint density at radius 1 is 1.21 bits per heavy atom. The summed E-state index contributed by atoms with van der Waals surface area (Å²) in [6.07, 6.45) is 0. The number of amides is 1. The lowest BCUT2D eigenvalue weighted by molar-refractivity contribution is -0.115. The molecule has 0 radical (unpaired) electrons. The van der Waals surface area contributed by atoms with Crippen molar-refractivity contribution in [1.82, 2.24) is 9.55 Å². The number of hydrogen-bond donors (Lipinski definition) is 1. The Hall–Kier alpha value is -2.64. The second-order valence-electron chi connectivity index (χ2n) is 6.48. The quantitative estimate of drug-likeness (QED) is 0.488. The van der Waals surface area contributed by atoms with Gasteiger partial charge in [0.05, 0.1) is 29.3 Å². The van der Waals surface area contributed by atoms with Crippen molar-refractivity contribution >= 4 is 34.3 Å². The molecule has 7 heteroatoms. The molecule has 0 bridgehead atoms. The number of para-hydroxylation sites is 1. The van der Waals surface area contributed by atoms with Crippen LogP contribution in [0.5, 0.6) is 0 Å². The normalized spacial score (nSPS) is 12.1. The maximum Gasteiger partial charge on any atom is 0.262 e. The van der Waals surface area contributed by atoms with Crippen LogP contribution in [0.1, 0.15) is 12.5 Å².